The first-order valence-electron chi connectivity index (χ1n) is 9.70. The summed E-state index contributed by atoms with van der Waals surface area (Å²) in [7, 11) is 3.00. The molecule has 0 amide bonds. The van der Waals surface area contributed by atoms with E-state index in [1.54, 1.807) is 18.2 Å². The number of nitro groups is 1. The number of carboxylic acids is 1. The Labute approximate surface area is 196 Å². The molecule has 1 unspecified atom stereocenters. The lowest BCUT2D eigenvalue weighted by molar-refractivity contribution is -0.385. The van der Waals surface area contributed by atoms with Gasteiger partial charge in [-0.15, -0.1) is 0 Å². The quantitative estimate of drug-likeness (QED) is 0.279. The molecule has 2 heterocycles. The number of benzene rings is 2. The van der Waals surface area contributed by atoms with Crippen molar-refractivity contribution in [2.45, 2.75) is 16.1 Å². The second kappa shape index (κ2) is 9.23. The number of hydrogen-bond donors (Lipinski definition) is 2. The van der Waals surface area contributed by atoms with Crippen molar-refractivity contribution in [3.63, 3.8) is 0 Å². The first kappa shape index (κ1) is 22.8. The number of rotatable bonds is 8. The summed E-state index contributed by atoms with van der Waals surface area (Å²) in [6, 6.07) is 9.19. The van der Waals surface area contributed by atoms with Gasteiger partial charge in [0.1, 0.15) is 17.8 Å². The summed E-state index contributed by atoms with van der Waals surface area (Å²) in [5, 5.41) is 22.0. The molecule has 174 valence electrons. The number of nitrogens with two attached hydrogens (primary N) is 1. The highest BCUT2D eigenvalue weighted by molar-refractivity contribution is 7.99. The number of para-hydroxylation sites is 1. The molecule has 0 saturated carbocycles. The molecule has 0 aliphatic carbocycles. The van der Waals surface area contributed by atoms with E-state index < -0.39 is 16.9 Å². The summed E-state index contributed by atoms with van der Waals surface area (Å²) < 4.78 is 12.0. The van der Waals surface area contributed by atoms with E-state index in [1.165, 1.54) is 49.4 Å². The third-order valence-corrected chi connectivity index (χ3v) is 5.97. The van der Waals surface area contributed by atoms with Crippen LogP contribution in [0.1, 0.15) is 11.6 Å². The number of imidazole rings is 1. The Balaban J connectivity index is 1.99. The van der Waals surface area contributed by atoms with Gasteiger partial charge in [-0.2, -0.15) is 0 Å². The number of aromatic nitrogens is 4. The minimum atomic E-state index is -1.53. The molecule has 3 N–H and O–H groups in total. The fourth-order valence-electron chi connectivity index (χ4n) is 3.44. The third kappa shape index (κ3) is 4.03. The predicted molar refractivity (Wildman–Crippen MR) is 122 cm³/mol. The molecule has 0 aliphatic heterocycles. The normalized spacial score (nSPS) is 11.8. The topological polar surface area (TPSA) is 169 Å². The number of ether oxygens (including phenoxy) is 2. The molecule has 0 radical (unpaired) electrons. The maximum absolute atomic E-state index is 12.5. The zero-order valence-corrected chi connectivity index (χ0v) is 18.7. The summed E-state index contributed by atoms with van der Waals surface area (Å²) in [4.78, 5) is 36.7. The van der Waals surface area contributed by atoms with Gasteiger partial charge in [0.05, 0.1) is 29.6 Å². The number of aliphatic carboxylic acids is 1. The van der Waals surface area contributed by atoms with Gasteiger partial charge < -0.3 is 20.3 Å². The van der Waals surface area contributed by atoms with Crippen LogP contribution in [0.5, 0.6) is 11.5 Å². The molecule has 1 atom stereocenters. The smallest absolute Gasteiger partial charge is 0.331 e. The molecule has 34 heavy (non-hydrogen) atoms. The number of methoxy groups -OCH3 is 2. The molecule has 2 aromatic heterocycles. The lowest BCUT2D eigenvalue weighted by atomic mass is 10.0. The Bertz CT molecular complexity index is 1410. The molecule has 0 aliphatic rings. The summed E-state index contributed by atoms with van der Waals surface area (Å²) in [6.45, 7) is 0. The zero-order chi connectivity index (χ0) is 24.4. The van der Waals surface area contributed by atoms with Gasteiger partial charge >= 0.3 is 5.97 Å². The number of nitrogen functional groups attached to an aromatic ring is 1. The highest BCUT2D eigenvalue weighted by Gasteiger charge is 2.34. The number of nitro benzene ring substituents is 1. The van der Waals surface area contributed by atoms with Gasteiger partial charge in [-0.25, -0.2) is 19.7 Å². The van der Waals surface area contributed by atoms with Crippen LogP contribution in [0.4, 0.5) is 11.5 Å². The third-order valence-electron chi connectivity index (χ3n) is 4.97. The van der Waals surface area contributed by atoms with Crippen molar-refractivity contribution in [3.8, 4) is 11.5 Å². The number of carboxylic acid groups (broad SMARTS) is 1. The maximum Gasteiger partial charge on any atom is 0.331 e. The van der Waals surface area contributed by atoms with Crippen LogP contribution in [-0.2, 0) is 4.79 Å². The van der Waals surface area contributed by atoms with Crippen molar-refractivity contribution in [1.29, 1.82) is 0 Å². The minimum absolute atomic E-state index is 0.0370. The molecule has 0 spiro atoms. The Morgan fingerprint density at radius 2 is 1.97 bits per heavy atom. The number of anilines is 1. The van der Waals surface area contributed by atoms with Crippen molar-refractivity contribution >= 4 is 40.4 Å². The van der Waals surface area contributed by atoms with E-state index in [0.717, 1.165) is 11.8 Å². The van der Waals surface area contributed by atoms with Crippen LogP contribution < -0.4 is 15.2 Å². The lowest BCUT2D eigenvalue weighted by Crippen LogP contribution is -2.22. The molecule has 4 rings (SSSR count). The van der Waals surface area contributed by atoms with E-state index in [0.29, 0.717) is 16.4 Å². The maximum atomic E-state index is 12.5. The van der Waals surface area contributed by atoms with Crippen LogP contribution in [0, 0.1) is 10.1 Å². The van der Waals surface area contributed by atoms with Crippen molar-refractivity contribution in [1.82, 2.24) is 19.5 Å². The van der Waals surface area contributed by atoms with Gasteiger partial charge in [0.2, 0.25) is 0 Å². The van der Waals surface area contributed by atoms with E-state index in [9.17, 15) is 20.0 Å². The van der Waals surface area contributed by atoms with Gasteiger partial charge in [-0.1, -0.05) is 12.1 Å². The van der Waals surface area contributed by atoms with Crippen LogP contribution in [-0.4, -0.2) is 49.7 Å². The molecule has 4 aromatic rings. The fourth-order valence-corrected chi connectivity index (χ4v) is 4.49. The Kier molecular flexibility index (Phi) is 6.19. The minimum Gasteiger partial charge on any atom is -0.497 e. The van der Waals surface area contributed by atoms with Gasteiger partial charge in [-0.3, -0.25) is 14.7 Å². The highest BCUT2D eigenvalue weighted by atomic mass is 32.2. The summed E-state index contributed by atoms with van der Waals surface area (Å²) in [5.41, 5.74) is 5.87. The second-order valence-electron chi connectivity index (χ2n) is 6.87. The van der Waals surface area contributed by atoms with Gasteiger partial charge in [0, 0.05) is 6.07 Å². The Morgan fingerprint density at radius 3 is 2.65 bits per heavy atom. The fraction of sp³-hybridized carbons (Fsp3) is 0.143. The number of carbonyl (C=O) groups is 1. The predicted octanol–water partition coefficient (Wildman–Crippen LogP) is 3.16. The van der Waals surface area contributed by atoms with E-state index in [1.807, 2.05) is 0 Å². The molecule has 0 bridgehead atoms. The Morgan fingerprint density at radius 1 is 1.21 bits per heavy atom. The van der Waals surface area contributed by atoms with Crippen LogP contribution >= 0.6 is 11.8 Å². The lowest BCUT2D eigenvalue weighted by Gasteiger charge is -2.18. The van der Waals surface area contributed by atoms with Crippen molar-refractivity contribution < 1.29 is 24.3 Å². The van der Waals surface area contributed by atoms with Crippen molar-refractivity contribution in [2.24, 2.45) is 0 Å². The van der Waals surface area contributed by atoms with Gasteiger partial charge in [0.25, 0.3) is 5.69 Å². The SMILES string of the molecule is COc1ccc(OC)c(Sc2nc3c(N)ncnc3n2C(C(=O)O)c2ccccc2[N+](=O)[O-])c1. The number of hydrogen-bond acceptors (Lipinski definition) is 10. The molecule has 13 heteroatoms. The van der Waals surface area contributed by atoms with E-state index in [2.05, 4.69) is 15.0 Å². The Hall–Kier alpha value is -4.39. The summed E-state index contributed by atoms with van der Waals surface area (Å²) >= 11 is 1.07. The summed E-state index contributed by atoms with van der Waals surface area (Å²) in [6.07, 6.45) is 1.18. The standard InChI is InChI=1S/C21H18N6O6S/c1-32-11-7-8-14(33-2)15(9-11)34-21-25-16-18(22)23-10-24-19(16)26(21)17(20(28)29)12-5-3-4-6-13(12)27(30)31/h3-10,17H,1-2H3,(H,28,29)(H2,22,23,24). The second-order valence-corrected chi connectivity index (χ2v) is 7.88. The van der Waals surface area contributed by atoms with Crippen LogP contribution in [0.25, 0.3) is 11.2 Å². The first-order chi connectivity index (χ1) is 16.3. The average molecular weight is 482 g/mol. The molecule has 0 fully saturated rings. The number of fused-ring (bicyclic) bond motifs is 1. The highest BCUT2D eigenvalue weighted by Crippen LogP contribution is 2.41. The van der Waals surface area contributed by atoms with E-state index in [-0.39, 0.29) is 33.4 Å². The van der Waals surface area contributed by atoms with E-state index in [4.69, 9.17) is 15.2 Å². The van der Waals surface area contributed by atoms with Crippen LogP contribution in [0.3, 0.4) is 0 Å². The molecular formula is C21H18N6O6S. The largest absolute Gasteiger partial charge is 0.497 e. The average Bonchev–Trinajstić information content (AvgIpc) is 3.18. The zero-order valence-electron chi connectivity index (χ0n) is 17.9. The van der Waals surface area contributed by atoms with Gasteiger partial charge in [-0.05, 0) is 36.0 Å². The van der Waals surface area contributed by atoms with Gasteiger partial charge in [0.15, 0.2) is 28.2 Å². The molecule has 2 aromatic carbocycles. The van der Waals surface area contributed by atoms with Crippen molar-refractivity contribution in [3.05, 3.63) is 64.5 Å². The molecule has 12 nitrogen and oxygen atoms in total. The van der Waals surface area contributed by atoms with Crippen LogP contribution in [0.2, 0.25) is 0 Å². The van der Waals surface area contributed by atoms with Crippen LogP contribution in [0.15, 0.2) is 58.8 Å². The monoisotopic (exact) mass is 482 g/mol. The molecular weight excluding hydrogens is 464 g/mol. The summed E-state index contributed by atoms with van der Waals surface area (Å²) in [5.74, 6) is -0.278. The van der Waals surface area contributed by atoms with E-state index >= 15 is 0 Å². The molecule has 0 saturated heterocycles. The van der Waals surface area contributed by atoms with Crippen molar-refractivity contribution in [2.75, 3.05) is 20.0 Å². The number of nitrogens with zero attached hydrogens (tertiary/aromatic N) is 5. The first-order valence-corrected chi connectivity index (χ1v) is 10.5.